The molecule has 0 saturated heterocycles. The highest BCUT2D eigenvalue weighted by atomic mass is 35.5. The van der Waals surface area contributed by atoms with Crippen molar-refractivity contribution < 1.29 is 4.74 Å². The second-order valence-corrected chi connectivity index (χ2v) is 7.00. The number of hydrogen-bond acceptors (Lipinski definition) is 3. The Kier molecular flexibility index (Phi) is 5.61. The van der Waals surface area contributed by atoms with Crippen LogP contribution in [0, 0.1) is 6.92 Å². The summed E-state index contributed by atoms with van der Waals surface area (Å²) < 4.78 is 5.66. The molecule has 0 spiro atoms. The van der Waals surface area contributed by atoms with Crippen molar-refractivity contribution in [3.05, 3.63) is 40.9 Å². The molecule has 0 saturated carbocycles. The molecule has 0 aliphatic rings. The van der Waals surface area contributed by atoms with Gasteiger partial charge in [-0.3, -0.25) is 5.10 Å². The predicted octanol–water partition coefficient (Wildman–Crippen LogP) is 4.53. The van der Waals surface area contributed by atoms with E-state index in [2.05, 4.69) is 22.4 Å². The van der Waals surface area contributed by atoms with Gasteiger partial charge in [-0.05, 0) is 58.9 Å². The summed E-state index contributed by atoms with van der Waals surface area (Å²) in [6, 6.07) is 3.65. The van der Waals surface area contributed by atoms with Crippen molar-refractivity contribution in [2.75, 3.05) is 7.05 Å². The molecule has 1 atom stereocenters. The summed E-state index contributed by atoms with van der Waals surface area (Å²) >= 11 is 12.7. The van der Waals surface area contributed by atoms with Crippen LogP contribution in [-0.4, -0.2) is 28.9 Å². The first-order valence-electron chi connectivity index (χ1n) is 7.46. The van der Waals surface area contributed by atoms with Gasteiger partial charge in [-0.1, -0.05) is 23.2 Å². The van der Waals surface area contributed by atoms with E-state index in [1.807, 2.05) is 46.1 Å². The highest BCUT2D eigenvalue weighted by Crippen LogP contribution is 2.38. The lowest BCUT2D eigenvalue weighted by Gasteiger charge is -2.23. The van der Waals surface area contributed by atoms with Crippen molar-refractivity contribution in [2.24, 2.45) is 0 Å². The molecule has 6 heteroatoms. The van der Waals surface area contributed by atoms with Gasteiger partial charge in [-0.2, -0.15) is 5.10 Å². The fraction of sp³-hybridized carbons (Fsp3) is 0.412. The Bertz CT molecular complexity index is 657. The third-order valence-corrected chi connectivity index (χ3v) is 4.09. The molecule has 4 nitrogen and oxygen atoms in total. The summed E-state index contributed by atoms with van der Waals surface area (Å²) in [7, 11) is 1.89. The number of halogens is 2. The van der Waals surface area contributed by atoms with Gasteiger partial charge in [0.05, 0.1) is 21.8 Å². The van der Waals surface area contributed by atoms with E-state index in [1.54, 1.807) is 0 Å². The number of hydrogen-bond donors (Lipinski definition) is 2. The molecule has 1 radical (unpaired) electrons. The number of ether oxygens (including phenoxy) is 1. The van der Waals surface area contributed by atoms with E-state index in [4.69, 9.17) is 27.9 Å². The van der Waals surface area contributed by atoms with Gasteiger partial charge < -0.3 is 10.1 Å². The molecule has 2 rings (SSSR count). The zero-order valence-electron chi connectivity index (χ0n) is 13.8. The largest absolute Gasteiger partial charge is 0.488 e. The second-order valence-electron chi connectivity index (χ2n) is 6.18. The van der Waals surface area contributed by atoms with Crippen molar-refractivity contribution in [1.29, 1.82) is 0 Å². The Morgan fingerprint density at radius 1 is 1.35 bits per heavy atom. The maximum Gasteiger partial charge on any atom is 0.156 e. The minimum Gasteiger partial charge on any atom is -0.488 e. The van der Waals surface area contributed by atoms with E-state index in [0.717, 1.165) is 23.2 Å². The van der Waals surface area contributed by atoms with Gasteiger partial charge >= 0.3 is 0 Å². The molecular formula is C17H22Cl2N3O. The van der Waals surface area contributed by atoms with Crippen molar-refractivity contribution in [1.82, 2.24) is 15.5 Å². The number of aromatic nitrogens is 2. The molecule has 125 valence electrons. The molecule has 1 heterocycles. The van der Waals surface area contributed by atoms with E-state index >= 15 is 0 Å². The molecule has 0 amide bonds. The second kappa shape index (κ2) is 7.12. The molecular weight excluding hydrogens is 333 g/mol. The number of benzene rings is 1. The average molecular weight is 355 g/mol. The third kappa shape index (κ3) is 4.40. The standard InChI is InChI=1S/C17H22Cl2N3O/c1-10(2)23-16-13(18)6-11(7-14(16)19)15-12(9-21-22-15)8-17(3,4)20-5/h6-7,9-10,20H,3,8H2,1-2,4-5H3,(H,21,22). The number of rotatable bonds is 6. The van der Waals surface area contributed by atoms with Gasteiger partial charge in [-0.25, -0.2) is 0 Å². The van der Waals surface area contributed by atoms with Crippen molar-refractivity contribution in [3.8, 4) is 17.0 Å². The van der Waals surface area contributed by atoms with Crippen LogP contribution in [0.4, 0.5) is 0 Å². The third-order valence-electron chi connectivity index (χ3n) is 3.53. The summed E-state index contributed by atoms with van der Waals surface area (Å²) in [5.74, 6) is 0.501. The topological polar surface area (TPSA) is 49.9 Å². The highest BCUT2D eigenvalue weighted by Gasteiger charge is 2.21. The first-order valence-corrected chi connectivity index (χ1v) is 8.22. The molecule has 1 aromatic carbocycles. The Morgan fingerprint density at radius 2 is 1.96 bits per heavy atom. The van der Waals surface area contributed by atoms with Crippen LogP contribution in [-0.2, 0) is 6.42 Å². The van der Waals surface area contributed by atoms with Crippen LogP contribution in [0.2, 0.25) is 10.0 Å². The van der Waals surface area contributed by atoms with E-state index in [1.165, 1.54) is 0 Å². The summed E-state index contributed by atoms with van der Waals surface area (Å²) in [4.78, 5) is 0. The summed E-state index contributed by atoms with van der Waals surface area (Å²) in [5.41, 5.74) is 2.42. The maximum absolute atomic E-state index is 6.34. The SMILES string of the molecule is [CH2]C(C)(Cc1c[nH]nc1-c1cc(Cl)c(OC(C)C)c(Cl)c1)NC. The number of nitrogens with one attached hydrogen (secondary N) is 2. The summed E-state index contributed by atoms with van der Waals surface area (Å²) in [6.07, 6.45) is 2.59. The van der Waals surface area contributed by atoms with Crippen LogP contribution >= 0.6 is 23.2 Å². The Morgan fingerprint density at radius 3 is 2.48 bits per heavy atom. The minimum atomic E-state index is -0.285. The van der Waals surface area contributed by atoms with Gasteiger partial charge in [0.25, 0.3) is 0 Å². The number of likely N-dealkylation sites (N-methyl/N-ethyl adjacent to an activating group) is 1. The Balaban J connectivity index is 2.39. The molecule has 23 heavy (non-hydrogen) atoms. The highest BCUT2D eigenvalue weighted by molar-refractivity contribution is 6.37. The van der Waals surface area contributed by atoms with Gasteiger partial charge in [0.2, 0.25) is 0 Å². The van der Waals surface area contributed by atoms with Crippen molar-refractivity contribution >= 4 is 23.2 Å². The fourth-order valence-electron chi connectivity index (χ4n) is 2.25. The zero-order chi connectivity index (χ0) is 17.2. The molecule has 2 aromatic rings. The molecule has 0 fully saturated rings. The van der Waals surface area contributed by atoms with Gasteiger partial charge in [0.15, 0.2) is 5.75 Å². The molecule has 1 unspecified atom stereocenters. The zero-order valence-corrected chi connectivity index (χ0v) is 15.3. The molecule has 0 bridgehead atoms. The van der Waals surface area contributed by atoms with Gasteiger partial charge in [0, 0.05) is 17.3 Å². The quantitative estimate of drug-likeness (QED) is 0.801. The van der Waals surface area contributed by atoms with Crippen LogP contribution in [0.5, 0.6) is 5.75 Å². The number of nitrogens with zero attached hydrogens (tertiary/aromatic N) is 1. The molecule has 0 aliphatic carbocycles. The van der Waals surface area contributed by atoms with E-state index in [9.17, 15) is 0 Å². The Labute approximate surface area is 147 Å². The Hall–Kier alpha value is -1.23. The van der Waals surface area contributed by atoms with Crippen LogP contribution in [0.15, 0.2) is 18.3 Å². The van der Waals surface area contributed by atoms with Crippen LogP contribution in [0.25, 0.3) is 11.3 Å². The van der Waals surface area contributed by atoms with E-state index < -0.39 is 0 Å². The predicted molar refractivity (Wildman–Crippen MR) is 96.3 cm³/mol. The van der Waals surface area contributed by atoms with Crippen LogP contribution in [0.1, 0.15) is 26.3 Å². The monoisotopic (exact) mass is 354 g/mol. The summed E-state index contributed by atoms with van der Waals surface area (Å²) in [5, 5.41) is 11.4. The first-order chi connectivity index (χ1) is 10.7. The van der Waals surface area contributed by atoms with Gasteiger partial charge in [0.1, 0.15) is 0 Å². The number of H-pyrrole nitrogens is 1. The van der Waals surface area contributed by atoms with Crippen LogP contribution < -0.4 is 10.1 Å². The summed E-state index contributed by atoms with van der Waals surface area (Å²) in [6.45, 7) is 10.0. The van der Waals surface area contributed by atoms with Crippen molar-refractivity contribution in [2.45, 2.75) is 38.8 Å². The lowest BCUT2D eigenvalue weighted by atomic mass is 9.94. The lowest BCUT2D eigenvalue weighted by molar-refractivity contribution is 0.243. The van der Waals surface area contributed by atoms with E-state index in [-0.39, 0.29) is 11.6 Å². The normalized spacial score (nSPS) is 12.0. The average Bonchev–Trinajstić information content (AvgIpc) is 2.89. The minimum absolute atomic E-state index is 0.000651. The molecule has 0 aliphatic heterocycles. The molecule has 2 N–H and O–H groups in total. The lowest BCUT2D eigenvalue weighted by Crippen LogP contribution is -2.38. The van der Waals surface area contributed by atoms with Crippen molar-refractivity contribution in [3.63, 3.8) is 0 Å². The number of aromatic amines is 1. The maximum atomic E-state index is 6.34. The molecule has 1 aromatic heterocycles. The fourth-order valence-corrected chi connectivity index (χ4v) is 2.83. The van der Waals surface area contributed by atoms with E-state index in [0.29, 0.717) is 15.8 Å². The van der Waals surface area contributed by atoms with Gasteiger partial charge in [-0.15, -0.1) is 0 Å². The smallest absolute Gasteiger partial charge is 0.156 e. The first kappa shape index (κ1) is 18.1. The van der Waals surface area contributed by atoms with Crippen LogP contribution in [0.3, 0.4) is 0 Å².